The summed E-state index contributed by atoms with van der Waals surface area (Å²) >= 11 is 0. The van der Waals surface area contributed by atoms with Gasteiger partial charge < -0.3 is 5.32 Å². The summed E-state index contributed by atoms with van der Waals surface area (Å²) in [5, 5.41) is 3.41. The molecule has 10 nitrogen and oxygen atoms in total. The maximum atomic E-state index is 8.60. The fourth-order valence-electron chi connectivity index (χ4n) is 1.45. The van der Waals surface area contributed by atoms with Gasteiger partial charge in [0.1, 0.15) is 0 Å². The summed E-state index contributed by atoms with van der Waals surface area (Å²) < 4.78 is 65.4. The monoisotopic (exact) mass is 360 g/mol. The smallest absolute Gasteiger partial charge is 0.0777 e. The van der Waals surface area contributed by atoms with Crippen LogP contribution in [0.5, 0.6) is 0 Å². The van der Waals surface area contributed by atoms with E-state index in [1.165, 1.54) is 5.56 Å². The lowest BCUT2D eigenvalue weighted by molar-refractivity contribution is -1.92. The molecule has 1 aliphatic rings. The molecule has 0 spiro atoms. The van der Waals surface area contributed by atoms with Gasteiger partial charge in [-0.25, -0.2) is 0 Å². The van der Waals surface area contributed by atoms with Crippen LogP contribution in [0.15, 0.2) is 36.7 Å². The van der Waals surface area contributed by atoms with Gasteiger partial charge in [0, 0.05) is 25.0 Å². The van der Waals surface area contributed by atoms with E-state index in [2.05, 4.69) is 28.5 Å². The molecule has 1 aliphatic heterocycles. The molecule has 2 heterocycles. The first-order valence-electron chi connectivity index (χ1n) is 5.51. The van der Waals surface area contributed by atoms with E-state index >= 15 is 0 Å². The Morgan fingerprint density at radius 1 is 1.05 bits per heavy atom. The van der Waals surface area contributed by atoms with Crippen molar-refractivity contribution in [3.8, 4) is 0 Å². The Labute approximate surface area is 130 Å². The number of nitrogens with zero attached hydrogens (tertiary/aromatic N) is 1. The molecule has 12 heteroatoms. The Kier molecular flexibility index (Phi) is 9.59. The van der Waals surface area contributed by atoms with Gasteiger partial charge in [-0.3, -0.25) is 4.98 Å². The molecule has 1 aromatic heterocycles. The quantitative estimate of drug-likeness (QED) is 0.403. The Bertz CT molecular complexity index is 411. The van der Waals surface area contributed by atoms with Crippen molar-refractivity contribution in [3.63, 3.8) is 0 Å². The van der Waals surface area contributed by atoms with Gasteiger partial charge in [-0.1, -0.05) is 18.2 Å². The van der Waals surface area contributed by atoms with Crippen molar-refractivity contribution in [3.05, 3.63) is 42.2 Å². The van der Waals surface area contributed by atoms with E-state index in [0.717, 1.165) is 13.0 Å². The molecule has 0 bridgehead atoms. The molecule has 0 saturated heterocycles. The van der Waals surface area contributed by atoms with Crippen molar-refractivity contribution in [2.45, 2.75) is 12.5 Å². The molecular weight excluding hydrogens is 347 g/mol. The summed E-state index contributed by atoms with van der Waals surface area (Å²) in [4.78, 5) is 4.10. The van der Waals surface area contributed by atoms with Crippen molar-refractivity contribution in [1.82, 2.24) is 10.3 Å². The number of aromatic nitrogens is 1. The molecule has 0 amide bonds. The van der Waals surface area contributed by atoms with Crippen LogP contribution in [-0.2, 0) is 0 Å². The molecule has 126 valence electrons. The molecule has 0 saturated carbocycles. The molecule has 1 atom stereocenters. The summed E-state index contributed by atoms with van der Waals surface area (Å²) in [6.07, 6.45) is 9.19. The summed E-state index contributed by atoms with van der Waals surface area (Å²) in [6, 6.07) is 4.56. The van der Waals surface area contributed by atoms with E-state index in [-0.39, 0.29) is 0 Å². The minimum absolute atomic E-state index is 0.462. The van der Waals surface area contributed by atoms with Crippen LogP contribution in [0.1, 0.15) is 18.0 Å². The van der Waals surface area contributed by atoms with Gasteiger partial charge in [-0.15, -0.1) is 0 Å². The van der Waals surface area contributed by atoms with Crippen LogP contribution in [0.25, 0.3) is 0 Å². The molecule has 22 heavy (non-hydrogen) atoms. The van der Waals surface area contributed by atoms with Gasteiger partial charge in [0.25, 0.3) is 0 Å². The second-order valence-corrected chi connectivity index (χ2v) is 5.33. The third-order valence-electron chi connectivity index (χ3n) is 2.11. The Balaban J connectivity index is 0.000000372. The predicted octanol–water partition coefficient (Wildman–Crippen LogP) is -6.58. The third-order valence-corrected chi connectivity index (χ3v) is 2.11. The average Bonchev–Trinajstić information content (AvgIpc) is 2.37. The molecule has 0 aliphatic carbocycles. The SMILES string of the molecule is C1=CCC(c2cccnc2)NC1.[O-][Cl+3]([O-])([O-])O.[O-][Cl+3]([O-])([O-])O. The van der Waals surface area contributed by atoms with Gasteiger partial charge in [-0.05, 0) is 18.1 Å². The third kappa shape index (κ3) is 17.2. The van der Waals surface area contributed by atoms with Crippen LogP contribution >= 0.6 is 0 Å². The Morgan fingerprint density at radius 2 is 1.59 bits per heavy atom. The number of nitrogens with one attached hydrogen (secondary N) is 1. The fraction of sp³-hybridized carbons (Fsp3) is 0.300. The lowest BCUT2D eigenvalue weighted by Gasteiger charge is -2.19. The van der Waals surface area contributed by atoms with Crippen LogP contribution in [-0.4, -0.2) is 20.8 Å². The summed E-state index contributed by atoms with van der Waals surface area (Å²) in [5.41, 5.74) is 1.28. The van der Waals surface area contributed by atoms with Crippen LogP contribution in [0.4, 0.5) is 0 Å². The van der Waals surface area contributed by atoms with Gasteiger partial charge in [0.2, 0.25) is 0 Å². The zero-order valence-electron chi connectivity index (χ0n) is 11.0. The van der Waals surface area contributed by atoms with Crippen molar-refractivity contribution in [1.29, 1.82) is 0 Å². The lowest BCUT2D eigenvalue weighted by atomic mass is 10.0. The largest absolute Gasteiger partial charge is 0.306 e. The highest BCUT2D eigenvalue weighted by molar-refractivity contribution is 5.16. The molecule has 1 aromatic rings. The molecular formula is C10H14Cl2N2O8. The van der Waals surface area contributed by atoms with Gasteiger partial charge in [0.15, 0.2) is 0 Å². The Hall–Kier alpha value is -0.890. The van der Waals surface area contributed by atoms with Crippen LogP contribution in [0.2, 0.25) is 0 Å². The molecule has 1 unspecified atom stereocenters. The van der Waals surface area contributed by atoms with Crippen LogP contribution in [0, 0.1) is 20.5 Å². The van der Waals surface area contributed by atoms with Gasteiger partial charge in [0.05, 0.1) is 29.8 Å². The summed E-state index contributed by atoms with van der Waals surface area (Å²) in [7, 11) is -9.39. The van der Waals surface area contributed by atoms with E-state index in [9.17, 15) is 0 Å². The Morgan fingerprint density at radius 3 is 1.95 bits per heavy atom. The highest BCUT2D eigenvalue weighted by atomic mass is 35.7. The number of rotatable bonds is 1. The van der Waals surface area contributed by atoms with Crippen molar-refractivity contribution in [2.24, 2.45) is 0 Å². The highest BCUT2D eigenvalue weighted by Crippen LogP contribution is 2.17. The predicted molar refractivity (Wildman–Crippen MR) is 53.2 cm³/mol. The summed E-state index contributed by atoms with van der Waals surface area (Å²) in [6.45, 7) is 0.972. The molecule has 0 radical (unpaired) electrons. The van der Waals surface area contributed by atoms with Crippen molar-refractivity contribution in [2.75, 3.05) is 6.54 Å². The number of pyridine rings is 1. The fourth-order valence-corrected chi connectivity index (χ4v) is 1.45. The van der Waals surface area contributed by atoms with E-state index < -0.39 is 20.5 Å². The first-order valence-corrected chi connectivity index (χ1v) is 8.04. The van der Waals surface area contributed by atoms with E-state index in [1.807, 2.05) is 18.5 Å². The van der Waals surface area contributed by atoms with Gasteiger partial charge in [-0.2, -0.15) is 28.0 Å². The second-order valence-electron chi connectivity index (χ2n) is 3.75. The maximum absolute atomic E-state index is 8.60. The zero-order chi connectivity index (χ0) is 17.2. The minimum atomic E-state index is -4.69. The zero-order valence-corrected chi connectivity index (χ0v) is 12.5. The maximum Gasteiger partial charge on any atom is 0.0777 e. The van der Waals surface area contributed by atoms with Crippen LogP contribution in [0.3, 0.4) is 0 Å². The topological polar surface area (TPSA) is 204 Å². The van der Waals surface area contributed by atoms with Crippen molar-refractivity contribution >= 4 is 0 Å². The van der Waals surface area contributed by atoms with Gasteiger partial charge >= 0.3 is 0 Å². The average molecular weight is 361 g/mol. The second kappa shape index (κ2) is 9.99. The van der Waals surface area contributed by atoms with E-state index in [0.29, 0.717) is 6.04 Å². The normalized spacial score (nSPS) is 17.7. The first-order chi connectivity index (χ1) is 9.97. The minimum Gasteiger partial charge on any atom is -0.306 e. The molecule has 3 N–H and O–H groups in total. The number of halogens is 2. The lowest BCUT2D eigenvalue weighted by Crippen LogP contribution is -2.58. The number of hydrogen-bond donors (Lipinski definition) is 3. The highest BCUT2D eigenvalue weighted by Gasteiger charge is 2.10. The molecule has 0 fully saturated rings. The van der Waals surface area contributed by atoms with E-state index in [1.54, 1.807) is 0 Å². The van der Waals surface area contributed by atoms with Crippen LogP contribution < -0.4 is 33.3 Å². The first kappa shape index (κ1) is 21.1. The number of hydrogen-bond acceptors (Lipinski definition) is 10. The molecule has 0 aromatic carbocycles. The standard InChI is InChI=1S/C10H12N2.2ClHO4/c1-2-7-12-10(5-1)9-4-3-6-11-8-9;2*2-1(3,4)5/h1-4,6,8,10,12H,5,7H2;2*(H,2,3,4,5). The van der Waals surface area contributed by atoms with Crippen molar-refractivity contribution < 1.29 is 57.8 Å². The summed E-state index contributed by atoms with van der Waals surface area (Å²) in [5.74, 6) is 0. The molecule has 2 rings (SSSR count). The van der Waals surface area contributed by atoms with E-state index in [4.69, 9.17) is 37.3 Å².